The summed E-state index contributed by atoms with van der Waals surface area (Å²) in [5.74, 6) is -0.158. The van der Waals surface area contributed by atoms with Crippen LogP contribution in [0.3, 0.4) is 0 Å². The molecule has 0 aromatic heterocycles. The fourth-order valence-electron chi connectivity index (χ4n) is 2.35. The minimum Gasteiger partial charge on any atom is -0.395 e. The van der Waals surface area contributed by atoms with Gasteiger partial charge in [-0.3, -0.25) is 0 Å². The zero-order valence-corrected chi connectivity index (χ0v) is 9.54. The Morgan fingerprint density at radius 1 is 1.56 bits per heavy atom. The Hall–Kier alpha value is -0.930. The van der Waals surface area contributed by atoms with Gasteiger partial charge in [-0.1, -0.05) is 6.07 Å². The molecule has 88 valence electrons. The Bertz CT molecular complexity index is 367. The van der Waals surface area contributed by atoms with E-state index in [9.17, 15) is 4.39 Å². The van der Waals surface area contributed by atoms with E-state index in [1.165, 1.54) is 11.6 Å². The predicted molar refractivity (Wildman–Crippen MR) is 61.8 cm³/mol. The summed E-state index contributed by atoms with van der Waals surface area (Å²) in [4.78, 5) is 0. The highest BCUT2D eigenvalue weighted by Crippen LogP contribution is 2.30. The Labute approximate surface area is 95.5 Å². The monoisotopic (exact) mass is 223 g/mol. The van der Waals surface area contributed by atoms with Gasteiger partial charge in [-0.25, -0.2) is 4.39 Å². The SMILES string of the molecule is CC(CO)NC1CCCc2cc(F)ccc21. The van der Waals surface area contributed by atoms with Gasteiger partial charge in [0.05, 0.1) is 6.61 Å². The smallest absolute Gasteiger partial charge is 0.123 e. The standard InChI is InChI=1S/C13H18FNO/c1-9(8-16)15-13-4-2-3-10-7-11(14)5-6-12(10)13/h5-7,9,13,15-16H,2-4,8H2,1H3. The number of aryl methyl sites for hydroxylation is 1. The van der Waals surface area contributed by atoms with Crippen molar-refractivity contribution in [1.29, 1.82) is 0 Å². The highest BCUT2D eigenvalue weighted by Gasteiger charge is 2.21. The number of nitrogens with one attached hydrogen (secondary N) is 1. The maximum absolute atomic E-state index is 13.1. The molecule has 3 heteroatoms. The van der Waals surface area contributed by atoms with Gasteiger partial charge in [0.1, 0.15) is 5.82 Å². The molecule has 1 aromatic carbocycles. The van der Waals surface area contributed by atoms with Crippen molar-refractivity contribution in [1.82, 2.24) is 5.32 Å². The summed E-state index contributed by atoms with van der Waals surface area (Å²) in [5.41, 5.74) is 2.29. The summed E-state index contributed by atoms with van der Waals surface area (Å²) in [6, 6.07) is 5.35. The molecule has 0 heterocycles. The Morgan fingerprint density at radius 2 is 2.38 bits per heavy atom. The van der Waals surface area contributed by atoms with Crippen LogP contribution in [0.15, 0.2) is 18.2 Å². The molecule has 16 heavy (non-hydrogen) atoms. The molecule has 2 atom stereocenters. The fraction of sp³-hybridized carbons (Fsp3) is 0.538. The molecule has 0 aliphatic heterocycles. The quantitative estimate of drug-likeness (QED) is 0.823. The Kier molecular flexibility index (Phi) is 3.56. The molecule has 1 aliphatic carbocycles. The number of hydrogen-bond donors (Lipinski definition) is 2. The Balaban J connectivity index is 2.19. The topological polar surface area (TPSA) is 32.3 Å². The third kappa shape index (κ3) is 2.42. The molecule has 2 unspecified atom stereocenters. The molecule has 0 amide bonds. The molecule has 0 spiro atoms. The third-order valence-corrected chi connectivity index (χ3v) is 3.18. The van der Waals surface area contributed by atoms with E-state index in [2.05, 4.69) is 5.32 Å². The molecule has 0 bridgehead atoms. The Morgan fingerprint density at radius 3 is 3.12 bits per heavy atom. The van der Waals surface area contributed by atoms with Crippen LogP contribution in [0, 0.1) is 5.82 Å². The molecular formula is C13H18FNO. The first-order valence-corrected chi connectivity index (χ1v) is 5.86. The summed E-state index contributed by atoms with van der Waals surface area (Å²) < 4.78 is 13.1. The van der Waals surface area contributed by atoms with Crippen molar-refractivity contribution in [2.75, 3.05) is 6.61 Å². The molecule has 2 N–H and O–H groups in total. The summed E-state index contributed by atoms with van der Waals surface area (Å²) in [5, 5.41) is 12.4. The first-order valence-electron chi connectivity index (χ1n) is 5.86. The summed E-state index contributed by atoms with van der Waals surface area (Å²) >= 11 is 0. The largest absolute Gasteiger partial charge is 0.395 e. The van der Waals surface area contributed by atoms with E-state index in [0.29, 0.717) is 0 Å². The maximum Gasteiger partial charge on any atom is 0.123 e. The van der Waals surface area contributed by atoms with Gasteiger partial charge in [0.2, 0.25) is 0 Å². The van der Waals surface area contributed by atoms with Crippen LogP contribution < -0.4 is 5.32 Å². The van der Waals surface area contributed by atoms with Crippen molar-refractivity contribution in [2.24, 2.45) is 0 Å². The highest BCUT2D eigenvalue weighted by atomic mass is 19.1. The van der Waals surface area contributed by atoms with Gasteiger partial charge >= 0.3 is 0 Å². The molecule has 0 fully saturated rings. The number of hydrogen-bond acceptors (Lipinski definition) is 2. The molecule has 2 rings (SSSR count). The lowest BCUT2D eigenvalue weighted by atomic mass is 9.87. The third-order valence-electron chi connectivity index (χ3n) is 3.18. The van der Waals surface area contributed by atoms with E-state index in [-0.39, 0.29) is 24.5 Å². The normalized spacial score (nSPS) is 21.6. The number of benzene rings is 1. The summed E-state index contributed by atoms with van der Waals surface area (Å²) in [6.07, 6.45) is 3.09. The minimum absolute atomic E-state index is 0.0843. The number of fused-ring (bicyclic) bond motifs is 1. The molecule has 1 aromatic rings. The van der Waals surface area contributed by atoms with Gasteiger partial charge in [0.15, 0.2) is 0 Å². The van der Waals surface area contributed by atoms with Crippen LogP contribution in [-0.2, 0) is 6.42 Å². The van der Waals surface area contributed by atoms with Crippen molar-refractivity contribution in [3.8, 4) is 0 Å². The second-order valence-electron chi connectivity index (χ2n) is 4.54. The molecule has 1 aliphatic rings. The van der Waals surface area contributed by atoms with E-state index < -0.39 is 0 Å². The average molecular weight is 223 g/mol. The van der Waals surface area contributed by atoms with E-state index in [4.69, 9.17) is 5.11 Å². The molecule has 2 nitrogen and oxygen atoms in total. The van der Waals surface area contributed by atoms with Crippen LogP contribution in [0.2, 0.25) is 0 Å². The fourth-order valence-corrected chi connectivity index (χ4v) is 2.35. The molecule has 0 radical (unpaired) electrons. The molecule has 0 saturated carbocycles. The number of aliphatic hydroxyl groups excluding tert-OH is 1. The first kappa shape index (κ1) is 11.6. The predicted octanol–water partition coefficient (Wildman–Crippen LogP) is 2.17. The van der Waals surface area contributed by atoms with E-state index in [1.54, 1.807) is 6.07 Å². The van der Waals surface area contributed by atoms with E-state index >= 15 is 0 Å². The maximum atomic E-state index is 13.1. The zero-order valence-electron chi connectivity index (χ0n) is 9.54. The zero-order chi connectivity index (χ0) is 11.5. The van der Waals surface area contributed by atoms with Crippen LogP contribution >= 0.6 is 0 Å². The lowest BCUT2D eigenvalue weighted by Gasteiger charge is -2.28. The second kappa shape index (κ2) is 4.93. The van der Waals surface area contributed by atoms with Crippen molar-refractivity contribution < 1.29 is 9.50 Å². The van der Waals surface area contributed by atoms with Gasteiger partial charge < -0.3 is 10.4 Å². The van der Waals surface area contributed by atoms with Crippen molar-refractivity contribution in [3.63, 3.8) is 0 Å². The van der Waals surface area contributed by atoms with Crippen LogP contribution in [0.1, 0.15) is 36.9 Å². The van der Waals surface area contributed by atoms with Crippen molar-refractivity contribution >= 4 is 0 Å². The number of rotatable bonds is 3. The van der Waals surface area contributed by atoms with Crippen LogP contribution in [0.25, 0.3) is 0 Å². The van der Waals surface area contributed by atoms with Crippen LogP contribution in [0.4, 0.5) is 4.39 Å². The summed E-state index contributed by atoms with van der Waals surface area (Å²) in [6.45, 7) is 2.09. The average Bonchev–Trinajstić information content (AvgIpc) is 2.28. The lowest BCUT2D eigenvalue weighted by Crippen LogP contribution is -2.34. The van der Waals surface area contributed by atoms with E-state index in [1.807, 2.05) is 13.0 Å². The first-order chi connectivity index (χ1) is 7.70. The van der Waals surface area contributed by atoms with Gasteiger partial charge in [-0.15, -0.1) is 0 Å². The number of halogens is 1. The number of aliphatic hydroxyl groups is 1. The van der Waals surface area contributed by atoms with Crippen molar-refractivity contribution in [3.05, 3.63) is 35.1 Å². The van der Waals surface area contributed by atoms with Gasteiger partial charge in [-0.05, 0) is 49.4 Å². The van der Waals surface area contributed by atoms with Gasteiger partial charge in [0, 0.05) is 12.1 Å². The van der Waals surface area contributed by atoms with Crippen LogP contribution in [0.5, 0.6) is 0 Å². The van der Waals surface area contributed by atoms with Gasteiger partial charge in [-0.2, -0.15) is 0 Å². The van der Waals surface area contributed by atoms with E-state index in [0.717, 1.165) is 24.8 Å². The van der Waals surface area contributed by atoms with Crippen LogP contribution in [-0.4, -0.2) is 17.8 Å². The lowest BCUT2D eigenvalue weighted by molar-refractivity contribution is 0.236. The molecule has 0 saturated heterocycles. The minimum atomic E-state index is -0.158. The second-order valence-corrected chi connectivity index (χ2v) is 4.54. The van der Waals surface area contributed by atoms with Gasteiger partial charge in [0.25, 0.3) is 0 Å². The van der Waals surface area contributed by atoms with Crippen molar-refractivity contribution in [2.45, 2.75) is 38.3 Å². The summed E-state index contributed by atoms with van der Waals surface area (Å²) in [7, 11) is 0. The molecular weight excluding hydrogens is 205 g/mol. The highest BCUT2D eigenvalue weighted by molar-refractivity contribution is 5.32.